The number of halogens is 1. The van der Waals surface area contributed by atoms with E-state index in [9.17, 15) is 29.0 Å². The molecule has 0 bridgehead atoms. The molecule has 9 heteroatoms. The number of aliphatic hydroxyl groups excluding tert-OH is 1. The van der Waals surface area contributed by atoms with Gasteiger partial charge in [0.2, 0.25) is 5.43 Å². The zero-order valence-electron chi connectivity index (χ0n) is 17.6. The normalized spacial score (nSPS) is 20.7. The average molecular weight is 443 g/mol. The van der Waals surface area contributed by atoms with Gasteiger partial charge in [0.25, 0.3) is 11.8 Å². The van der Waals surface area contributed by atoms with Crippen LogP contribution in [0.3, 0.4) is 0 Å². The van der Waals surface area contributed by atoms with Gasteiger partial charge in [-0.1, -0.05) is 25.0 Å². The highest BCUT2D eigenvalue weighted by atomic mass is 19.1. The standard InChI is InChI=1S/C23H26FN3O5/c24-16-7-5-14(6-8-16)11-25-22(31)17-12-26-9-10-27(18-4-2-1-3-15(18)13-28)23(32)19(26)21(30)20(17)29/h5-8,12,15,18,28,30H,1-4,9-11,13H2,(H,25,31)/t15-,18-/m0/s1. The van der Waals surface area contributed by atoms with E-state index in [0.29, 0.717) is 18.7 Å². The van der Waals surface area contributed by atoms with Gasteiger partial charge in [0.1, 0.15) is 11.4 Å². The van der Waals surface area contributed by atoms with E-state index >= 15 is 0 Å². The molecule has 1 saturated carbocycles. The second-order valence-corrected chi connectivity index (χ2v) is 8.36. The van der Waals surface area contributed by atoms with Crippen molar-refractivity contribution in [2.75, 3.05) is 13.2 Å². The molecule has 170 valence electrons. The molecule has 4 rings (SSSR count). The van der Waals surface area contributed by atoms with Crippen molar-refractivity contribution in [3.05, 3.63) is 63.3 Å². The second kappa shape index (κ2) is 9.12. The van der Waals surface area contributed by atoms with E-state index in [1.807, 2.05) is 0 Å². The van der Waals surface area contributed by atoms with Gasteiger partial charge in [-0.3, -0.25) is 14.4 Å². The summed E-state index contributed by atoms with van der Waals surface area (Å²) in [5.74, 6) is -2.31. The summed E-state index contributed by atoms with van der Waals surface area (Å²) in [6.45, 7) is 0.756. The molecule has 8 nitrogen and oxygen atoms in total. The first kappa shape index (κ1) is 22.0. The van der Waals surface area contributed by atoms with Gasteiger partial charge in [-0.15, -0.1) is 0 Å². The van der Waals surface area contributed by atoms with Gasteiger partial charge in [0.15, 0.2) is 11.4 Å². The maximum absolute atomic E-state index is 13.2. The Morgan fingerprint density at radius 2 is 1.84 bits per heavy atom. The van der Waals surface area contributed by atoms with Crippen LogP contribution in [0.15, 0.2) is 35.3 Å². The number of amides is 2. The summed E-state index contributed by atoms with van der Waals surface area (Å²) in [6.07, 6.45) is 4.86. The molecular formula is C23H26FN3O5. The molecule has 2 atom stereocenters. The topological polar surface area (TPSA) is 112 Å². The van der Waals surface area contributed by atoms with Gasteiger partial charge in [0.05, 0.1) is 0 Å². The Kier molecular flexibility index (Phi) is 6.27. The zero-order valence-corrected chi connectivity index (χ0v) is 17.6. The third-order valence-electron chi connectivity index (χ3n) is 6.42. The van der Waals surface area contributed by atoms with Crippen LogP contribution in [0.25, 0.3) is 0 Å². The Hall–Kier alpha value is -3.20. The summed E-state index contributed by atoms with van der Waals surface area (Å²) in [6, 6.07) is 5.44. The smallest absolute Gasteiger partial charge is 0.274 e. The number of carbonyl (C=O) groups excluding carboxylic acids is 2. The number of aromatic nitrogens is 1. The van der Waals surface area contributed by atoms with Gasteiger partial charge < -0.3 is 25.0 Å². The molecule has 2 aromatic rings. The Labute approximate surface area is 184 Å². The van der Waals surface area contributed by atoms with Crippen molar-refractivity contribution in [1.82, 2.24) is 14.8 Å². The molecule has 0 saturated heterocycles. The summed E-state index contributed by atoms with van der Waals surface area (Å²) in [5, 5.41) is 22.8. The number of rotatable bonds is 5. The fourth-order valence-corrected chi connectivity index (χ4v) is 4.67. The summed E-state index contributed by atoms with van der Waals surface area (Å²) in [4.78, 5) is 40.1. The van der Waals surface area contributed by atoms with E-state index in [0.717, 1.165) is 25.7 Å². The fourth-order valence-electron chi connectivity index (χ4n) is 4.67. The Morgan fingerprint density at radius 1 is 1.12 bits per heavy atom. The Bertz CT molecular complexity index is 1080. The minimum atomic E-state index is -0.912. The predicted molar refractivity (Wildman–Crippen MR) is 114 cm³/mol. The highest BCUT2D eigenvalue weighted by molar-refractivity contribution is 5.99. The maximum atomic E-state index is 13.2. The number of benzene rings is 1. The van der Waals surface area contributed by atoms with E-state index in [1.165, 1.54) is 35.0 Å². The van der Waals surface area contributed by atoms with Crippen molar-refractivity contribution >= 4 is 11.8 Å². The molecule has 0 radical (unpaired) electrons. The van der Waals surface area contributed by atoms with Crippen LogP contribution in [0, 0.1) is 11.7 Å². The quantitative estimate of drug-likeness (QED) is 0.650. The van der Waals surface area contributed by atoms with Gasteiger partial charge in [-0.2, -0.15) is 0 Å². The zero-order chi connectivity index (χ0) is 22.8. The van der Waals surface area contributed by atoms with E-state index in [-0.39, 0.29) is 36.4 Å². The molecule has 0 spiro atoms. The monoisotopic (exact) mass is 443 g/mol. The molecule has 1 fully saturated rings. The van der Waals surface area contributed by atoms with Crippen LogP contribution in [0.4, 0.5) is 4.39 Å². The first-order valence-electron chi connectivity index (χ1n) is 10.8. The molecule has 1 aliphatic carbocycles. The number of carbonyl (C=O) groups is 2. The van der Waals surface area contributed by atoms with Crippen LogP contribution in [0.1, 0.15) is 52.1 Å². The molecule has 1 aromatic heterocycles. The molecule has 2 heterocycles. The number of hydrogen-bond acceptors (Lipinski definition) is 5. The number of aromatic hydroxyl groups is 1. The summed E-state index contributed by atoms with van der Waals surface area (Å²) in [7, 11) is 0. The Morgan fingerprint density at radius 3 is 2.56 bits per heavy atom. The maximum Gasteiger partial charge on any atom is 0.274 e. The number of pyridine rings is 1. The van der Waals surface area contributed by atoms with Crippen LogP contribution < -0.4 is 10.7 Å². The lowest BCUT2D eigenvalue weighted by molar-refractivity contribution is 0.0359. The molecular weight excluding hydrogens is 417 g/mol. The van der Waals surface area contributed by atoms with Crippen molar-refractivity contribution in [3.63, 3.8) is 0 Å². The van der Waals surface area contributed by atoms with Crippen molar-refractivity contribution in [1.29, 1.82) is 0 Å². The third-order valence-corrected chi connectivity index (χ3v) is 6.42. The Balaban J connectivity index is 1.56. The van der Waals surface area contributed by atoms with Crippen LogP contribution in [-0.4, -0.2) is 50.7 Å². The first-order chi connectivity index (χ1) is 15.4. The van der Waals surface area contributed by atoms with E-state index in [2.05, 4.69) is 5.32 Å². The number of nitrogens with zero attached hydrogens (tertiary/aromatic N) is 2. The average Bonchev–Trinajstić information content (AvgIpc) is 2.80. The fraction of sp³-hybridized carbons (Fsp3) is 0.435. The van der Waals surface area contributed by atoms with Crippen molar-refractivity contribution in [3.8, 4) is 5.75 Å². The van der Waals surface area contributed by atoms with Crippen LogP contribution in [0.2, 0.25) is 0 Å². The minimum Gasteiger partial charge on any atom is -0.503 e. The van der Waals surface area contributed by atoms with Gasteiger partial charge in [-0.05, 0) is 30.5 Å². The van der Waals surface area contributed by atoms with E-state index in [4.69, 9.17) is 0 Å². The van der Waals surface area contributed by atoms with E-state index < -0.39 is 28.8 Å². The highest BCUT2D eigenvalue weighted by Gasteiger charge is 2.38. The molecule has 2 amide bonds. The summed E-state index contributed by atoms with van der Waals surface area (Å²) in [5.41, 5.74) is -0.650. The minimum absolute atomic E-state index is 0.0135. The molecule has 1 aliphatic heterocycles. The van der Waals surface area contributed by atoms with Crippen LogP contribution in [0.5, 0.6) is 5.75 Å². The van der Waals surface area contributed by atoms with Crippen LogP contribution in [-0.2, 0) is 13.1 Å². The number of nitrogens with one attached hydrogen (secondary N) is 1. The van der Waals surface area contributed by atoms with Crippen molar-refractivity contribution < 1.29 is 24.2 Å². The van der Waals surface area contributed by atoms with Crippen molar-refractivity contribution in [2.45, 2.75) is 44.8 Å². The molecule has 3 N–H and O–H groups in total. The highest BCUT2D eigenvalue weighted by Crippen LogP contribution is 2.31. The van der Waals surface area contributed by atoms with Gasteiger partial charge in [0, 0.05) is 44.4 Å². The lowest BCUT2D eigenvalue weighted by atomic mass is 9.83. The first-order valence-corrected chi connectivity index (χ1v) is 10.8. The molecule has 32 heavy (non-hydrogen) atoms. The molecule has 0 unspecified atom stereocenters. The second-order valence-electron chi connectivity index (χ2n) is 8.36. The lowest BCUT2D eigenvalue weighted by Gasteiger charge is -2.42. The summed E-state index contributed by atoms with van der Waals surface area (Å²) >= 11 is 0. The largest absolute Gasteiger partial charge is 0.503 e. The van der Waals surface area contributed by atoms with Gasteiger partial charge >= 0.3 is 0 Å². The summed E-state index contributed by atoms with van der Waals surface area (Å²) < 4.78 is 14.5. The van der Waals surface area contributed by atoms with Crippen LogP contribution >= 0.6 is 0 Å². The van der Waals surface area contributed by atoms with E-state index in [1.54, 1.807) is 4.90 Å². The van der Waals surface area contributed by atoms with Gasteiger partial charge in [-0.25, -0.2) is 4.39 Å². The molecule has 1 aromatic carbocycles. The van der Waals surface area contributed by atoms with Crippen molar-refractivity contribution in [2.24, 2.45) is 5.92 Å². The predicted octanol–water partition coefficient (Wildman–Crippen LogP) is 1.63. The lowest BCUT2D eigenvalue weighted by Crippen LogP contribution is -2.52. The SMILES string of the molecule is O=C(NCc1ccc(F)cc1)c1cn2c(c(O)c1=O)C(=O)N([C@H]1CCCC[C@H]1CO)CC2. The third kappa shape index (κ3) is 4.12. The number of fused-ring (bicyclic) bond motifs is 1. The molecule has 2 aliphatic rings. The number of hydrogen-bond donors (Lipinski definition) is 3. The number of aliphatic hydroxyl groups is 1.